The number of Topliss-reactive ketones (excluding diaryl/α,β-unsaturated/α-hetero) is 1. The van der Waals surface area contributed by atoms with Crippen LogP contribution in [0.1, 0.15) is 34.1 Å². The van der Waals surface area contributed by atoms with Gasteiger partial charge in [-0.15, -0.1) is 0 Å². The zero-order valence-electron chi connectivity index (χ0n) is 19.6. The Kier molecular flexibility index (Phi) is 6.96. The summed E-state index contributed by atoms with van der Waals surface area (Å²) in [5, 5.41) is 0.437. The number of amides is 1. The number of primary amides is 1. The molecule has 0 radical (unpaired) electrons. The Labute approximate surface area is 203 Å². The topological polar surface area (TPSA) is 101 Å². The summed E-state index contributed by atoms with van der Waals surface area (Å²) in [7, 11) is 0. The molecule has 178 valence electrons. The Morgan fingerprint density at radius 2 is 1.51 bits per heavy atom. The molecule has 2 N–H and O–H groups in total. The zero-order valence-corrected chi connectivity index (χ0v) is 19.6. The lowest BCUT2D eigenvalue weighted by Gasteiger charge is -2.15. The van der Waals surface area contributed by atoms with Crippen molar-refractivity contribution in [3.8, 4) is 5.75 Å². The van der Waals surface area contributed by atoms with Gasteiger partial charge in [-0.25, -0.2) is 4.79 Å². The number of fused-ring (bicyclic) bond motifs is 1. The van der Waals surface area contributed by atoms with Gasteiger partial charge in [0.1, 0.15) is 12.4 Å². The van der Waals surface area contributed by atoms with Crippen LogP contribution in [0.25, 0.3) is 10.9 Å². The molecule has 0 unspecified atom stereocenters. The molecule has 3 aromatic carbocycles. The van der Waals surface area contributed by atoms with Gasteiger partial charge in [-0.1, -0.05) is 66.7 Å². The normalized spacial score (nSPS) is 11.7. The molecular formula is C28H26N2O5. The summed E-state index contributed by atoms with van der Waals surface area (Å²) in [5.74, 6) is -2.12. The smallest absolute Gasteiger partial charge is 0.347 e. The lowest BCUT2D eigenvalue weighted by atomic mass is 10.1. The summed E-state index contributed by atoms with van der Waals surface area (Å²) in [5.41, 5.74) is 8.70. The van der Waals surface area contributed by atoms with E-state index in [1.165, 1.54) is 0 Å². The monoisotopic (exact) mass is 470 g/mol. The van der Waals surface area contributed by atoms with E-state index in [0.717, 1.165) is 11.1 Å². The SMILES string of the molecule is Cc1c(C(=O)C(N)=O)c2c(O[C@H](C)C(=O)OCc3ccccc3)cccc2n1Cc1ccccc1. The molecule has 4 rings (SSSR count). The second-order valence-electron chi connectivity index (χ2n) is 8.23. The molecule has 1 amide bonds. The number of rotatable bonds is 9. The Hall–Kier alpha value is -4.39. The molecule has 0 aliphatic rings. The van der Waals surface area contributed by atoms with E-state index in [2.05, 4.69) is 0 Å². The largest absolute Gasteiger partial charge is 0.478 e. The van der Waals surface area contributed by atoms with Crippen molar-refractivity contribution in [2.45, 2.75) is 33.1 Å². The number of nitrogens with two attached hydrogens (primary N) is 1. The van der Waals surface area contributed by atoms with Crippen LogP contribution in [0.5, 0.6) is 5.75 Å². The van der Waals surface area contributed by atoms with Gasteiger partial charge in [0.25, 0.3) is 11.7 Å². The van der Waals surface area contributed by atoms with Crippen LogP contribution in [-0.4, -0.2) is 28.3 Å². The maximum atomic E-state index is 12.8. The highest BCUT2D eigenvalue weighted by molar-refractivity contribution is 6.45. The van der Waals surface area contributed by atoms with Gasteiger partial charge in [0.05, 0.1) is 16.5 Å². The summed E-state index contributed by atoms with van der Waals surface area (Å²) >= 11 is 0. The number of benzene rings is 3. The van der Waals surface area contributed by atoms with E-state index < -0.39 is 23.8 Å². The Morgan fingerprint density at radius 1 is 0.886 bits per heavy atom. The van der Waals surface area contributed by atoms with E-state index in [4.69, 9.17) is 15.2 Å². The number of nitrogens with zero attached hydrogens (tertiary/aromatic N) is 1. The molecule has 0 saturated carbocycles. The Bertz CT molecular complexity index is 1380. The lowest BCUT2D eigenvalue weighted by Crippen LogP contribution is -2.26. The first-order valence-corrected chi connectivity index (χ1v) is 11.2. The summed E-state index contributed by atoms with van der Waals surface area (Å²) in [4.78, 5) is 37.3. The molecular weight excluding hydrogens is 444 g/mol. The highest BCUT2D eigenvalue weighted by Gasteiger charge is 2.27. The van der Waals surface area contributed by atoms with Crippen LogP contribution in [0, 0.1) is 6.92 Å². The minimum Gasteiger partial charge on any atom is -0.478 e. The molecule has 0 aliphatic heterocycles. The fraction of sp³-hybridized carbons (Fsp3) is 0.179. The third-order valence-electron chi connectivity index (χ3n) is 5.81. The van der Waals surface area contributed by atoms with E-state index in [-0.39, 0.29) is 12.2 Å². The number of hydrogen-bond donors (Lipinski definition) is 1. The molecule has 35 heavy (non-hydrogen) atoms. The molecule has 0 fully saturated rings. The molecule has 0 bridgehead atoms. The van der Waals surface area contributed by atoms with Crippen LogP contribution < -0.4 is 10.5 Å². The van der Waals surface area contributed by atoms with Gasteiger partial charge in [0.2, 0.25) is 0 Å². The minimum atomic E-state index is -1.06. The number of ketones is 1. The number of ether oxygens (including phenoxy) is 2. The van der Waals surface area contributed by atoms with Gasteiger partial charge in [-0.05, 0) is 37.1 Å². The molecule has 4 aromatic rings. The van der Waals surface area contributed by atoms with Crippen molar-refractivity contribution in [2.75, 3.05) is 0 Å². The van der Waals surface area contributed by atoms with Gasteiger partial charge >= 0.3 is 5.97 Å². The van der Waals surface area contributed by atoms with Crippen molar-refractivity contribution in [2.24, 2.45) is 5.73 Å². The molecule has 0 aliphatic carbocycles. The van der Waals surface area contributed by atoms with Crippen molar-refractivity contribution in [1.82, 2.24) is 4.57 Å². The van der Waals surface area contributed by atoms with Crippen molar-refractivity contribution >= 4 is 28.6 Å². The second-order valence-corrected chi connectivity index (χ2v) is 8.23. The summed E-state index contributed by atoms with van der Waals surface area (Å²) in [6.07, 6.45) is -0.946. The van der Waals surface area contributed by atoms with Crippen molar-refractivity contribution in [1.29, 1.82) is 0 Å². The van der Waals surface area contributed by atoms with Gasteiger partial charge in [0, 0.05) is 12.2 Å². The van der Waals surface area contributed by atoms with Gasteiger partial charge in [0.15, 0.2) is 6.10 Å². The Morgan fingerprint density at radius 3 is 2.14 bits per heavy atom. The fourth-order valence-corrected chi connectivity index (χ4v) is 4.05. The second kappa shape index (κ2) is 10.3. The van der Waals surface area contributed by atoms with Crippen LogP contribution in [-0.2, 0) is 27.5 Å². The summed E-state index contributed by atoms with van der Waals surface area (Å²) in [6.45, 7) is 3.94. The predicted octanol–water partition coefficient (Wildman–Crippen LogP) is 4.18. The van der Waals surface area contributed by atoms with E-state index >= 15 is 0 Å². The highest BCUT2D eigenvalue weighted by atomic mass is 16.6. The minimum absolute atomic E-state index is 0.121. The van der Waals surface area contributed by atoms with Crippen LogP contribution in [0.2, 0.25) is 0 Å². The van der Waals surface area contributed by atoms with Crippen LogP contribution >= 0.6 is 0 Å². The Balaban J connectivity index is 1.68. The van der Waals surface area contributed by atoms with Gasteiger partial charge < -0.3 is 19.8 Å². The number of aromatic nitrogens is 1. The molecule has 7 nitrogen and oxygen atoms in total. The molecule has 0 spiro atoms. The zero-order chi connectivity index (χ0) is 24.9. The molecule has 0 saturated heterocycles. The first kappa shape index (κ1) is 23.8. The number of esters is 1. The van der Waals surface area contributed by atoms with Crippen LogP contribution in [0.3, 0.4) is 0 Å². The van der Waals surface area contributed by atoms with E-state index in [1.54, 1.807) is 26.0 Å². The third kappa shape index (κ3) is 5.09. The first-order chi connectivity index (χ1) is 16.9. The van der Waals surface area contributed by atoms with Crippen LogP contribution in [0.15, 0.2) is 78.9 Å². The molecule has 1 heterocycles. The summed E-state index contributed by atoms with van der Waals surface area (Å²) in [6, 6.07) is 24.4. The molecule has 7 heteroatoms. The maximum absolute atomic E-state index is 12.8. The van der Waals surface area contributed by atoms with E-state index in [0.29, 0.717) is 28.9 Å². The molecule has 1 atom stereocenters. The predicted molar refractivity (Wildman–Crippen MR) is 132 cm³/mol. The van der Waals surface area contributed by atoms with Gasteiger partial charge in [-0.2, -0.15) is 0 Å². The number of hydrogen-bond acceptors (Lipinski definition) is 5. The van der Waals surface area contributed by atoms with Crippen molar-refractivity contribution < 1.29 is 23.9 Å². The lowest BCUT2D eigenvalue weighted by molar-refractivity contribution is -0.152. The standard InChI is InChI=1S/C28H26N2O5/c1-18-24(26(31)27(29)32)25-22(30(18)16-20-10-5-3-6-11-20)14-9-15-23(25)35-19(2)28(33)34-17-21-12-7-4-8-13-21/h3-15,19H,16-17H2,1-2H3,(H2,29,32)/t19-/m1/s1. The molecule has 1 aromatic heterocycles. The van der Waals surface area contributed by atoms with Crippen LogP contribution in [0.4, 0.5) is 0 Å². The number of carbonyl (C=O) groups is 3. The van der Waals surface area contributed by atoms with E-state index in [9.17, 15) is 14.4 Å². The van der Waals surface area contributed by atoms with E-state index in [1.807, 2.05) is 71.3 Å². The van der Waals surface area contributed by atoms with Crippen molar-refractivity contribution in [3.05, 3.63) is 101 Å². The highest BCUT2D eigenvalue weighted by Crippen LogP contribution is 2.35. The average Bonchev–Trinajstić information content (AvgIpc) is 3.15. The maximum Gasteiger partial charge on any atom is 0.347 e. The first-order valence-electron chi connectivity index (χ1n) is 11.2. The number of carbonyl (C=O) groups excluding carboxylic acids is 3. The average molecular weight is 471 g/mol. The third-order valence-corrected chi connectivity index (χ3v) is 5.81. The fourth-order valence-electron chi connectivity index (χ4n) is 4.05. The summed E-state index contributed by atoms with van der Waals surface area (Å²) < 4.78 is 13.3. The van der Waals surface area contributed by atoms with Crippen molar-refractivity contribution in [3.63, 3.8) is 0 Å². The van der Waals surface area contributed by atoms with Gasteiger partial charge in [-0.3, -0.25) is 9.59 Å². The quantitative estimate of drug-likeness (QED) is 0.225.